The van der Waals surface area contributed by atoms with Gasteiger partial charge in [0.2, 0.25) is 0 Å². The Bertz CT molecular complexity index is 580. The minimum Gasteiger partial charge on any atom is -0.467 e. The average molecular weight is 301 g/mol. The summed E-state index contributed by atoms with van der Waals surface area (Å²) in [7, 11) is 0. The summed E-state index contributed by atoms with van der Waals surface area (Å²) in [6, 6.07) is 7.09. The van der Waals surface area contributed by atoms with E-state index >= 15 is 0 Å². The number of amides is 2. The molecule has 1 aliphatic rings. The molecule has 116 valence electrons. The van der Waals surface area contributed by atoms with Crippen molar-refractivity contribution in [1.82, 2.24) is 9.88 Å². The number of hydrogen-bond donors (Lipinski definition) is 1. The molecule has 22 heavy (non-hydrogen) atoms. The number of ether oxygens (including phenoxy) is 1. The molecular formula is C16H19N3O3. The molecule has 1 unspecified atom stereocenters. The minimum absolute atomic E-state index is 0.0922. The van der Waals surface area contributed by atoms with Crippen molar-refractivity contribution in [2.24, 2.45) is 0 Å². The van der Waals surface area contributed by atoms with Crippen molar-refractivity contribution >= 4 is 11.7 Å². The van der Waals surface area contributed by atoms with Gasteiger partial charge in [-0.25, -0.2) is 4.79 Å². The minimum atomic E-state index is -0.181. The van der Waals surface area contributed by atoms with Gasteiger partial charge in [-0.1, -0.05) is 0 Å². The van der Waals surface area contributed by atoms with Gasteiger partial charge in [-0.15, -0.1) is 0 Å². The highest BCUT2D eigenvalue weighted by molar-refractivity contribution is 5.89. The van der Waals surface area contributed by atoms with Gasteiger partial charge in [-0.05, 0) is 37.1 Å². The summed E-state index contributed by atoms with van der Waals surface area (Å²) in [6.45, 7) is 1.73. The lowest BCUT2D eigenvalue weighted by atomic mass is 10.2. The smallest absolute Gasteiger partial charge is 0.322 e. The predicted octanol–water partition coefficient (Wildman–Crippen LogP) is 2.89. The van der Waals surface area contributed by atoms with E-state index in [-0.39, 0.29) is 12.1 Å². The zero-order valence-corrected chi connectivity index (χ0v) is 12.3. The van der Waals surface area contributed by atoms with E-state index < -0.39 is 0 Å². The molecule has 1 aliphatic heterocycles. The molecule has 2 amide bonds. The van der Waals surface area contributed by atoms with Crippen molar-refractivity contribution in [1.29, 1.82) is 0 Å². The second-order valence-electron chi connectivity index (χ2n) is 5.27. The monoisotopic (exact) mass is 301 g/mol. The van der Waals surface area contributed by atoms with Crippen LogP contribution in [0.4, 0.5) is 10.5 Å². The Balaban J connectivity index is 1.67. The number of pyridine rings is 1. The van der Waals surface area contributed by atoms with E-state index in [2.05, 4.69) is 10.3 Å². The van der Waals surface area contributed by atoms with E-state index in [4.69, 9.17) is 9.15 Å². The largest absolute Gasteiger partial charge is 0.467 e. The van der Waals surface area contributed by atoms with Gasteiger partial charge in [0.15, 0.2) is 0 Å². The third-order valence-electron chi connectivity index (χ3n) is 3.57. The Labute approximate surface area is 129 Å². The lowest BCUT2D eigenvalue weighted by molar-refractivity contribution is 0.0803. The molecular weight excluding hydrogens is 282 g/mol. The number of rotatable bonds is 5. The molecule has 0 aliphatic carbocycles. The van der Waals surface area contributed by atoms with Crippen LogP contribution in [0.2, 0.25) is 0 Å². The number of nitrogens with zero attached hydrogens (tertiary/aromatic N) is 2. The van der Waals surface area contributed by atoms with Crippen molar-refractivity contribution in [2.45, 2.75) is 25.5 Å². The highest BCUT2D eigenvalue weighted by atomic mass is 16.5. The van der Waals surface area contributed by atoms with Gasteiger partial charge in [0.25, 0.3) is 0 Å². The average Bonchev–Trinajstić information content (AvgIpc) is 3.21. The second kappa shape index (κ2) is 7.09. The number of furan rings is 1. The van der Waals surface area contributed by atoms with Crippen LogP contribution in [0.5, 0.6) is 0 Å². The molecule has 0 spiro atoms. The zero-order chi connectivity index (χ0) is 15.2. The Morgan fingerprint density at radius 1 is 1.41 bits per heavy atom. The molecule has 0 radical (unpaired) electrons. The Kier molecular flexibility index (Phi) is 4.70. The SMILES string of the molecule is O=C(Nc1cccnc1)N(Cc1ccco1)CC1CCCO1. The number of hydrogen-bond acceptors (Lipinski definition) is 4. The number of carbonyl (C=O) groups is 1. The Hall–Kier alpha value is -2.34. The summed E-state index contributed by atoms with van der Waals surface area (Å²) in [5, 5.41) is 2.86. The maximum Gasteiger partial charge on any atom is 0.322 e. The Morgan fingerprint density at radius 3 is 3.05 bits per heavy atom. The van der Waals surface area contributed by atoms with Crippen LogP contribution in [0.25, 0.3) is 0 Å². The molecule has 6 heteroatoms. The highest BCUT2D eigenvalue weighted by Gasteiger charge is 2.23. The van der Waals surface area contributed by atoms with Crippen LogP contribution in [-0.4, -0.2) is 35.2 Å². The van der Waals surface area contributed by atoms with Crippen LogP contribution in [0.1, 0.15) is 18.6 Å². The molecule has 0 saturated carbocycles. The van der Waals surface area contributed by atoms with Crippen LogP contribution >= 0.6 is 0 Å². The molecule has 1 fully saturated rings. The fourth-order valence-corrected chi connectivity index (χ4v) is 2.48. The number of carbonyl (C=O) groups excluding carboxylic acids is 1. The third-order valence-corrected chi connectivity index (χ3v) is 3.57. The van der Waals surface area contributed by atoms with Crippen molar-refractivity contribution in [3.05, 3.63) is 48.7 Å². The van der Waals surface area contributed by atoms with Gasteiger partial charge >= 0.3 is 6.03 Å². The van der Waals surface area contributed by atoms with E-state index in [0.29, 0.717) is 18.8 Å². The lowest BCUT2D eigenvalue weighted by Gasteiger charge is -2.24. The van der Waals surface area contributed by atoms with Crippen LogP contribution in [0.15, 0.2) is 47.3 Å². The summed E-state index contributed by atoms with van der Waals surface area (Å²) in [5.41, 5.74) is 0.671. The molecule has 1 atom stereocenters. The maximum absolute atomic E-state index is 12.5. The van der Waals surface area contributed by atoms with Crippen LogP contribution in [-0.2, 0) is 11.3 Å². The summed E-state index contributed by atoms with van der Waals surface area (Å²) >= 11 is 0. The van der Waals surface area contributed by atoms with Gasteiger partial charge < -0.3 is 19.4 Å². The van der Waals surface area contributed by atoms with E-state index in [1.165, 1.54) is 0 Å². The van der Waals surface area contributed by atoms with Crippen molar-refractivity contribution < 1.29 is 13.9 Å². The predicted molar refractivity (Wildman–Crippen MR) is 81.3 cm³/mol. The first-order valence-electron chi connectivity index (χ1n) is 7.41. The molecule has 6 nitrogen and oxygen atoms in total. The van der Waals surface area contributed by atoms with Gasteiger partial charge in [0.05, 0.1) is 30.8 Å². The summed E-state index contributed by atoms with van der Waals surface area (Å²) in [5.74, 6) is 0.749. The third kappa shape index (κ3) is 3.85. The van der Waals surface area contributed by atoms with Crippen molar-refractivity contribution in [3.63, 3.8) is 0 Å². The number of aromatic nitrogens is 1. The Morgan fingerprint density at radius 2 is 2.36 bits per heavy atom. The van der Waals surface area contributed by atoms with E-state index in [9.17, 15) is 4.79 Å². The highest BCUT2D eigenvalue weighted by Crippen LogP contribution is 2.16. The molecule has 2 aromatic heterocycles. The fourth-order valence-electron chi connectivity index (χ4n) is 2.48. The molecule has 3 rings (SSSR count). The van der Waals surface area contributed by atoms with Crippen LogP contribution < -0.4 is 5.32 Å². The van der Waals surface area contributed by atoms with E-state index in [0.717, 1.165) is 25.2 Å². The number of nitrogens with one attached hydrogen (secondary N) is 1. The van der Waals surface area contributed by atoms with Gasteiger partial charge in [0, 0.05) is 19.3 Å². The molecule has 0 bridgehead atoms. The van der Waals surface area contributed by atoms with Gasteiger partial charge in [-0.3, -0.25) is 4.98 Å². The first-order valence-corrected chi connectivity index (χ1v) is 7.41. The maximum atomic E-state index is 12.5. The molecule has 1 saturated heterocycles. The van der Waals surface area contributed by atoms with Crippen LogP contribution in [0.3, 0.4) is 0 Å². The fraction of sp³-hybridized carbons (Fsp3) is 0.375. The first kappa shape index (κ1) is 14.6. The molecule has 2 aromatic rings. The van der Waals surface area contributed by atoms with Crippen LogP contribution in [0, 0.1) is 0 Å². The van der Waals surface area contributed by atoms with Crippen molar-refractivity contribution in [2.75, 3.05) is 18.5 Å². The summed E-state index contributed by atoms with van der Waals surface area (Å²) < 4.78 is 11.0. The second-order valence-corrected chi connectivity index (χ2v) is 5.27. The number of urea groups is 1. The number of anilines is 1. The quantitative estimate of drug-likeness (QED) is 0.922. The van der Waals surface area contributed by atoms with E-state index in [1.54, 1.807) is 29.6 Å². The standard InChI is InChI=1S/C16H19N3O3/c20-16(18-13-4-1-7-17-10-13)19(11-14-5-2-8-21-14)12-15-6-3-9-22-15/h1-2,4-5,7-8,10,15H,3,6,9,11-12H2,(H,18,20). The van der Waals surface area contributed by atoms with E-state index in [1.807, 2.05) is 18.2 Å². The first-order chi connectivity index (χ1) is 10.8. The molecule has 1 N–H and O–H groups in total. The summed E-state index contributed by atoms with van der Waals surface area (Å²) in [4.78, 5) is 18.2. The topological polar surface area (TPSA) is 67.6 Å². The summed E-state index contributed by atoms with van der Waals surface area (Å²) in [6.07, 6.45) is 7.02. The normalized spacial score (nSPS) is 17.4. The van der Waals surface area contributed by atoms with Gasteiger partial charge in [-0.2, -0.15) is 0 Å². The van der Waals surface area contributed by atoms with Crippen molar-refractivity contribution in [3.8, 4) is 0 Å². The van der Waals surface area contributed by atoms with Gasteiger partial charge in [0.1, 0.15) is 5.76 Å². The zero-order valence-electron chi connectivity index (χ0n) is 12.3. The molecule has 3 heterocycles. The lowest BCUT2D eigenvalue weighted by Crippen LogP contribution is -2.39. The molecule has 0 aromatic carbocycles.